The fraction of sp³-hybridized carbons (Fsp3) is 0.0476. The van der Waals surface area contributed by atoms with E-state index in [4.69, 9.17) is 0 Å². The molecule has 1 nitrogen and oxygen atoms in total. The van der Waals surface area contributed by atoms with Gasteiger partial charge >= 0.3 is 0 Å². The van der Waals surface area contributed by atoms with Crippen LogP contribution in [0.2, 0.25) is 0 Å². The van der Waals surface area contributed by atoms with Gasteiger partial charge in [0.2, 0.25) is 0 Å². The van der Waals surface area contributed by atoms with Crippen molar-refractivity contribution in [3.8, 4) is 5.69 Å². The smallest absolute Gasteiger partial charge is 0.0541 e. The first-order valence-electron chi connectivity index (χ1n) is 7.50. The molecule has 0 saturated carbocycles. The molecule has 3 aromatic carbocycles. The fourth-order valence-corrected chi connectivity index (χ4v) is 3.12. The van der Waals surface area contributed by atoms with Crippen molar-refractivity contribution in [1.29, 1.82) is 0 Å². The average molecular weight is 283 g/mol. The molecule has 106 valence electrons. The Morgan fingerprint density at radius 2 is 1.55 bits per heavy atom. The Kier molecular flexibility index (Phi) is 2.87. The van der Waals surface area contributed by atoms with Gasteiger partial charge in [0.25, 0.3) is 0 Å². The second kappa shape index (κ2) is 4.88. The van der Waals surface area contributed by atoms with Gasteiger partial charge < -0.3 is 4.57 Å². The molecule has 0 radical (unpaired) electrons. The minimum Gasteiger partial charge on any atom is -0.309 e. The predicted octanol–water partition coefficient (Wildman–Crippen LogP) is 5.74. The third kappa shape index (κ3) is 1.86. The molecule has 0 aliphatic rings. The number of benzene rings is 3. The highest BCUT2D eigenvalue weighted by atomic mass is 15.0. The maximum atomic E-state index is 3.83. The van der Waals surface area contributed by atoms with E-state index in [0.717, 1.165) is 5.56 Å². The number of aromatic nitrogens is 1. The molecule has 0 aliphatic heterocycles. The molecule has 0 unspecified atom stereocenters. The van der Waals surface area contributed by atoms with Gasteiger partial charge in [-0.1, -0.05) is 54.6 Å². The zero-order valence-corrected chi connectivity index (χ0v) is 12.6. The van der Waals surface area contributed by atoms with E-state index in [1.54, 1.807) is 0 Å². The monoisotopic (exact) mass is 283 g/mol. The van der Waals surface area contributed by atoms with Crippen molar-refractivity contribution in [3.63, 3.8) is 0 Å². The average Bonchev–Trinajstić information content (AvgIpc) is 2.89. The van der Waals surface area contributed by atoms with Crippen LogP contribution < -0.4 is 0 Å². The van der Waals surface area contributed by atoms with Crippen LogP contribution in [0.4, 0.5) is 0 Å². The second-order valence-corrected chi connectivity index (χ2v) is 5.67. The summed E-state index contributed by atoms with van der Waals surface area (Å²) in [5.41, 5.74) is 6.10. The molecule has 22 heavy (non-hydrogen) atoms. The number of nitrogens with zero attached hydrogens (tertiary/aromatic N) is 1. The zero-order valence-electron chi connectivity index (χ0n) is 12.6. The lowest BCUT2D eigenvalue weighted by Gasteiger charge is -2.08. The summed E-state index contributed by atoms with van der Waals surface area (Å²) < 4.78 is 2.33. The van der Waals surface area contributed by atoms with E-state index >= 15 is 0 Å². The van der Waals surface area contributed by atoms with Crippen molar-refractivity contribution >= 4 is 27.9 Å². The molecule has 0 N–H and O–H groups in total. The van der Waals surface area contributed by atoms with E-state index in [0.29, 0.717) is 0 Å². The van der Waals surface area contributed by atoms with Crippen molar-refractivity contribution in [1.82, 2.24) is 4.57 Å². The van der Waals surface area contributed by atoms with Gasteiger partial charge in [-0.25, -0.2) is 0 Å². The molecule has 0 spiro atoms. The van der Waals surface area contributed by atoms with E-state index < -0.39 is 0 Å². The first-order valence-corrected chi connectivity index (χ1v) is 7.50. The van der Waals surface area contributed by atoms with Gasteiger partial charge in [-0.2, -0.15) is 0 Å². The molecule has 0 fully saturated rings. The second-order valence-electron chi connectivity index (χ2n) is 5.67. The molecule has 1 heteroatoms. The lowest BCUT2D eigenvalue weighted by Crippen LogP contribution is -1.93. The number of hydrogen-bond acceptors (Lipinski definition) is 0. The van der Waals surface area contributed by atoms with Crippen LogP contribution in [0.25, 0.3) is 33.6 Å². The molecular formula is C21H17N. The van der Waals surface area contributed by atoms with Crippen LogP contribution in [-0.2, 0) is 0 Å². The maximum absolute atomic E-state index is 3.83. The Bertz CT molecular complexity index is 988. The van der Waals surface area contributed by atoms with Gasteiger partial charge in [-0.05, 0) is 42.8 Å². The predicted molar refractivity (Wildman–Crippen MR) is 95.6 cm³/mol. The third-order valence-electron chi connectivity index (χ3n) is 4.22. The molecular weight excluding hydrogens is 266 g/mol. The normalized spacial score (nSPS) is 11.1. The summed E-state index contributed by atoms with van der Waals surface area (Å²) in [5.74, 6) is 0. The van der Waals surface area contributed by atoms with Gasteiger partial charge in [0, 0.05) is 16.5 Å². The van der Waals surface area contributed by atoms with Crippen LogP contribution in [0.1, 0.15) is 11.1 Å². The highest BCUT2D eigenvalue weighted by Crippen LogP contribution is 2.32. The summed E-state index contributed by atoms with van der Waals surface area (Å²) in [6, 6.07) is 23.8. The SMILES string of the molecule is C=Cc1ccc(-n2c3ccccc3c3cc(C)ccc32)cc1. The van der Waals surface area contributed by atoms with Crippen molar-refractivity contribution in [2.45, 2.75) is 6.92 Å². The highest BCUT2D eigenvalue weighted by molar-refractivity contribution is 6.09. The topological polar surface area (TPSA) is 4.93 Å². The number of rotatable bonds is 2. The van der Waals surface area contributed by atoms with Crippen molar-refractivity contribution < 1.29 is 0 Å². The first kappa shape index (κ1) is 12.9. The van der Waals surface area contributed by atoms with E-state index in [1.165, 1.54) is 33.1 Å². The minimum atomic E-state index is 1.14. The Morgan fingerprint density at radius 1 is 0.818 bits per heavy atom. The number of para-hydroxylation sites is 1. The fourth-order valence-electron chi connectivity index (χ4n) is 3.12. The molecule has 4 aromatic rings. The number of aryl methyl sites for hydroxylation is 1. The lowest BCUT2D eigenvalue weighted by atomic mass is 10.1. The minimum absolute atomic E-state index is 1.14. The summed E-state index contributed by atoms with van der Waals surface area (Å²) in [6.45, 7) is 5.97. The van der Waals surface area contributed by atoms with Gasteiger partial charge in [0.15, 0.2) is 0 Å². The highest BCUT2D eigenvalue weighted by Gasteiger charge is 2.11. The standard InChI is InChI=1S/C21H17N/c1-3-16-9-11-17(12-10-16)22-20-7-5-4-6-18(20)19-14-15(2)8-13-21(19)22/h3-14H,1H2,2H3. The van der Waals surface area contributed by atoms with Gasteiger partial charge in [0.05, 0.1) is 11.0 Å². The maximum Gasteiger partial charge on any atom is 0.0541 e. The van der Waals surface area contributed by atoms with Crippen LogP contribution >= 0.6 is 0 Å². The van der Waals surface area contributed by atoms with Crippen LogP contribution in [-0.4, -0.2) is 4.57 Å². The molecule has 1 heterocycles. The summed E-state index contributed by atoms with van der Waals surface area (Å²) in [7, 11) is 0. The molecule has 0 atom stereocenters. The first-order chi connectivity index (χ1) is 10.8. The Hall–Kier alpha value is -2.80. The molecule has 0 saturated heterocycles. The van der Waals surface area contributed by atoms with E-state index in [2.05, 4.69) is 84.8 Å². The lowest BCUT2D eigenvalue weighted by molar-refractivity contribution is 1.18. The van der Waals surface area contributed by atoms with Crippen LogP contribution in [0.15, 0.2) is 73.3 Å². The quantitative estimate of drug-likeness (QED) is 0.442. The van der Waals surface area contributed by atoms with E-state index in [1.807, 2.05) is 6.08 Å². The third-order valence-corrected chi connectivity index (χ3v) is 4.22. The van der Waals surface area contributed by atoms with E-state index in [9.17, 15) is 0 Å². The Morgan fingerprint density at radius 3 is 2.32 bits per heavy atom. The van der Waals surface area contributed by atoms with Crippen molar-refractivity contribution in [3.05, 3.63) is 84.4 Å². The van der Waals surface area contributed by atoms with E-state index in [-0.39, 0.29) is 0 Å². The number of hydrogen-bond donors (Lipinski definition) is 0. The zero-order chi connectivity index (χ0) is 15.1. The summed E-state index contributed by atoms with van der Waals surface area (Å²) in [5, 5.41) is 2.61. The number of fused-ring (bicyclic) bond motifs is 3. The Balaban J connectivity index is 2.11. The van der Waals surface area contributed by atoms with Crippen LogP contribution in [0.3, 0.4) is 0 Å². The van der Waals surface area contributed by atoms with Crippen molar-refractivity contribution in [2.24, 2.45) is 0 Å². The van der Waals surface area contributed by atoms with Gasteiger partial charge in [-0.15, -0.1) is 0 Å². The molecule has 0 aliphatic carbocycles. The van der Waals surface area contributed by atoms with Crippen LogP contribution in [0.5, 0.6) is 0 Å². The van der Waals surface area contributed by atoms with Gasteiger partial charge in [-0.3, -0.25) is 0 Å². The summed E-state index contributed by atoms with van der Waals surface area (Å²) in [6.07, 6.45) is 1.87. The Labute approximate surface area is 130 Å². The molecule has 1 aromatic heterocycles. The van der Waals surface area contributed by atoms with Crippen molar-refractivity contribution in [2.75, 3.05) is 0 Å². The molecule has 0 bridgehead atoms. The van der Waals surface area contributed by atoms with Gasteiger partial charge in [0.1, 0.15) is 0 Å². The summed E-state index contributed by atoms with van der Waals surface area (Å²) >= 11 is 0. The molecule has 0 amide bonds. The van der Waals surface area contributed by atoms with Crippen LogP contribution in [0, 0.1) is 6.92 Å². The molecule has 4 rings (SSSR count). The summed E-state index contributed by atoms with van der Waals surface area (Å²) in [4.78, 5) is 0. The largest absolute Gasteiger partial charge is 0.309 e.